The zero-order valence-corrected chi connectivity index (χ0v) is 13.1. The highest BCUT2D eigenvalue weighted by atomic mass is 16.5. The highest BCUT2D eigenvalue weighted by Crippen LogP contribution is 2.47. The van der Waals surface area contributed by atoms with E-state index in [0.29, 0.717) is 6.07 Å². The first kappa shape index (κ1) is 16.3. The minimum absolute atomic E-state index is 0.208. The summed E-state index contributed by atoms with van der Waals surface area (Å²) in [6.45, 7) is 2.55. The summed E-state index contributed by atoms with van der Waals surface area (Å²) in [6, 6.07) is 1.93. The fraction of sp³-hybridized carbons (Fsp3) is 0.118. The molecule has 0 atom stereocenters. The van der Waals surface area contributed by atoms with Crippen LogP contribution in [0.15, 0.2) is 12.1 Å². The minimum Gasteiger partial charge on any atom is -0.507 e. The van der Waals surface area contributed by atoms with Crippen LogP contribution in [-0.4, -0.2) is 38.0 Å². The molecule has 0 aliphatic heterocycles. The third-order valence-corrected chi connectivity index (χ3v) is 3.87. The van der Waals surface area contributed by atoms with Gasteiger partial charge in [-0.3, -0.25) is 14.4 Å². The van der Waals surface area contributed by atoms with Gasteiger partial charge in [0.05, 0.1) is 16.7 Å². The molecule has 0 heterocycles. The Morgan fingerprint density at radius 2 is 1.52 bits per heavy atom. The number of rotatable bonds is 1. The zero-order valence-electron chi connectivity index (χ0n) is 13.1. The van der Waals surface area contributed by atoms with Crippen LogP contribution in [0.25, 0.3) is 0 Å². The van der Waals surface area contributed by atoms with Crippen LogP contribution in [0.3, 0.4) is 0 Å². The van der Waals surface area contributed by atoms with Gasteiger partial charge in [0.2, 0.25) is 5.78 Å². The molecule has 0 bridgehead atoms. The van der Waals surface area contributed by atoms with E-state index in [1.165, 1.54) is 13.0 Å². The summed E-state index contributed by atoms with van der Waals surface area (Å²) < 4.78 is 4.88. The number of phenolic OH excluding ortho intramolecular Hbond substituents is 4. The summed E-state index contributed by atoms with van der Waals surface area (Å²) in [5, 5.41) is 39.8. The SMILES string of the molecule is CC(=O)Oc1c(C)cc2c(c1O)C(=O)c1c(O)cc(O)c(O)c1C2=O. The number of aromatic hydroxyl groups is 4. The van der Waals surface area contributed by atoms with Crippen LogP contribution in [0.5, 0.6) is 28.7 Å². The Bertz CT molecular complexity index is 987. The third kappa shape index (κ3) is 2.18. The Morgan fingerprint density at radius 3 is 2.12 bits per heavy atom. The highest BCUT2D eigenvalue weighted by molar-refractivity contribution is 6.31. The predicted octanol–water partition coefficient (Wildman–Crippen LogP) is 1.52. The quantitative estimate of drug-likeness (QED) is 0.225. The van der Waals surface area contributed by atoms with Crippen LogP contribution < -0.4 is 4.74 Å². The molecular weight excluding hydrogens is 332 g/mol. The van der Waals surface area contributed by atoms with Crippen LogP contribution in [0.2, 0.25) is 0 Å². The number of fused-ring (bicyclic) bond motifs is 2. The Hall–Kier alpha value is -3.55. The average Bonchev–Trinajstić information content (AvgIpc) is 2.51. The normalized spacial score (nSPS) is 12.6. The van der Waals surface area contributed by atoms with Crippen molar-refractivity contribution in [3.63, 3.8) is 0 Å². The fourth-order valence-corrected chi connectivity index (χ4v) is 2.82. The molecule has 2 aromatic carbocycles. The van der Waals surface area contributed by atoms with Crippen LogP contribution in [-0.2, 0) is 4.79 Å². The lowest BCUT2D eigenvalue weighted by Crippen LogP contribution is -2.22. The van der Waals surface area contributed by atoms with E-state index >= 15 is 0 Å². The maximum Gasteiger partial charge on any atom is 0.308 e. The predicted molar refractivity (Wildman–Crippen MR) is 82.5 cm³/mol. The van der Waals surface area contributed by atoms with E-state index in [-0.39, 0.29) is 16.9 Å². The molecule has 8 heteroatoms. The largest absolute Gasteiger partial charge is 0.507 e. The summed E-state index contributed by atoms with van der Waals surface area (Å²) in [5.74, 6) is -5.91. The monoisotopic (exact) mass is 344 g/mol. The van der Waals surface area contributed by atoms with Crippen molar-refractivity contribution in [2.45, 2.75) is 13.8 Å². The molecule has 128 valence electrons. The Morgan fingerprint density at radius 1 is 0.880 bits per heavy atom. The third-order valence-electron chi connectivity index (χ3n) is 3.87. The van der Waals surface area contributed by atoms with Crippen molar-refractivity contribution >= 4 is 17.5 Å². The first-order chi connectivity index (χ1) is 11.6. The van der Waals surface area contributed by atoms with Crippen molar-refractivity contribution in [2.75, 3.05) is 0 Å². The molecule has 0 spiro atoms. The zero-order chi connectivity index (χ0) is 18.6. The number of esters is 1. The summed E-state index contributed by atoms with van der Waals surface area (Å²) >= 11 is 0. The van der Waals surface area contributed by atoms with Crippen molar-refractivity contribution < 1.29 is 39.5 Å². The van der Waals surface area contributed by atoms with Crippen LogP contribution >= 0.6 is 0 Å². The van der Waals surface area contributed by atoms with E-state index in [1.54, 1.807) is 0 Å². The number of aryl methyl sites for hydroxylation is 1. The minimum atomic E-state index is -0.955. The van der Waals surface area contributed by atoms with Gasteiger partial charge in [-0.2, -0.15) is 0 Å². The fourth-order valence-electron chi connectivity index (χ4n) is 2.82. The lowest BCUT2D eigenvalue weighted by Gasteiger charge is -2.22. The van der Waals surface area contributed by atoms with Crippen molar-refractivity contribution in [2.24, 2.45) is 0 Å². The van der Waals surface area contributed by atoms with Gasteiger partial charge in [0.25, 0.3) is 0 Å². The van der Waals surface area contributed by atoms with E-state index in [2.05, 4.69) is 0 Å². The molecule has 8 nitrogen and oxygen atoms in total. The van der Waals surface area contributed by atoms with Crippen molar-refractivity contribution in [1.29, 1.82) is 0 Å². The number of hydrogen-bond donors (Lipinski definition) is 4. The molecule has 25 heavy (non-hydrogen) atoms. The first-order valence-corrected chi connectivity index (χ1v) is 7.07. The van der Waals surface area contributed by atoms with Crippen LogP contribution in [0.4, 0.5) is 0 Å². The molecule has 0 radical (unpaired) electrons. The van der Waals surface area contributed by atoms with E-state index < -0.39 is 57.2 Å². The molecule has 1 aliphatic rings. The number of carbonyl (C=O) groups is 3. The van der Waals surface area contributed by atoms with Gasteiger partial charge in [0.15, 0.2) is 28.8 Å². The van der Waals surface area contributed by atoms with Crippen molar-refractivity contribution in [1.82, 2.24) is 0 Å². The maximum absolute atomic E-state index is 12.7. The average molecular weight is 344 g/mol. The molecule has 1 aliphatic carbocycles. The maximum atomic E-state index is 12.7. The summed E-state index contributed by atoms with van der Waals surface area (Å²) in [5.41, 5.74) is -1.61. The standard InChI is InChI=1S/C17H12O8/c1-5-3-7-10(16(24)17(5)25-6(2)18)15(23)11-8(19)4-9(20)14(22)12(11)13(7)21/h3-4,19-20,22,24H,1-2H3. The van der Waals surface area contributed by atoms with Gasteiger partial charge >= 0.3 is 5.97 Å². The van der Waals surface area contributed by atoms with E-state index in [0.717, 1.165) is 6.92 Å². The van der Waals surface area contributed by atoms with Crippen molar-refractivity contribution in [3.8, 4) is 28.7 Å². The van der Waals surface area contributed by atoms with E-state index in [1.807, 2.05) is 0 Å². The second kappa shape index (κ2) is 5.23. The highest BCUT2D eigenvalue weighted by Gasteiger charge is 2.39. The molecule has 0 saturated heterocycles. The van der Waals surface area contributed by atoms with Gasteiger partial charge in [-0.1, -0.05) is 0 Å². The second-order valence-corrected chi connectivity index (χ2v) is 5.56. The molecule has 0 aromatic heterocycles. The van der Waals surface area contributed by atoms with Gasteiger partial charge in [-0.25, -0.2) is 0 Å². The lowest BCUT2D eigenvalue weighted by molar-refractivity contribution is -0.132. The second-order valence-electron chi connectivity index (χ2n) is 5.56. The Labute approximate surface area is 140 Å². The number of ether oxygens (including phenoxy) is 1. The van der Waals surface area contributed by atoms with Crippen LogP contribution in [0.1, 0.15) is 44.3 Å². The van der Waals surface area contributed by atoms with Crippen molar-refractivity contribution in [3.05, 3.63) is 39.9 Å². The molecule has 3 rings (SSSR count). The lowest BCUT2D eigenvalue weighted by atomic mass is 9.81. The van der Waals surface area contributed by atoms with Gasteiger partial charge in [0, 0.05) is 18.6 Å². The molecule has 0 amide bonds. The number of ketones is 2. The summed E-state index contributed by atoms with van der Waals surface area (Å²) in [7, 11) is 0. The van der Waals surface area contributed by atoms with Crippen LogP contribution in [0, 0.1) is 6.92 Å². The molecule has 0 unspecified atom stereocenters. The number of phenols is 4. The Kier molecular flexibility index (Phi) is 3.41. The topological polar surface area (TPSA) is 141 Å². The number of carbonyl (C=O) groups excluding carboxylic acids is 3. The number of benzene rings is 2. The molecule has 2 aromatic rings. The molecule has 0 fully saturated rings. The van der Waals surface area contributed by atoms with E-state index in [9.17, 15) is 34.8 Å². The Balaban J connectivity index is 2.37. The van der Waals surface area contributed by atoms with Gasteiger partial charge in [0.1, 0.15) is 5.75 Å². The van der Waals surface area contributed by atoms with Gasteiger partial charge < -0.3 is 25.2 Å². The summed E-state index contributed by atoms with van der Waals surface area (Å²) in [4.78, 5) is 36.5. The number of hydrogen-bond acceptors (Lipinski definition) is 8. The molecular formula is C17H12O8. The molecule has 0 saturated carbocycles. The first-order valence-electron chi connectivity index (χ1n) is 7.07. The van der Waals surface area contributed by atoms with E-state index in [4.69, 9.17) is 4.74 Å². The summed E-state index contributed by atoms with van der Waals surface area (Å²) in [6.07, 6.45) is 0. The molecule has 4 N–H and O–H groups in total. The van der Waals surface area contributed by atoms with Gasteiger partial charge in [-0.05, 0) is 18.6 Å². The van der Waals surface area contributed by atoms with Gasteiger partial charge in [-0.15, -0.1) is 0 Å². The smallest absolute Gasteiger partial charge is 0.308 e.